The van der Waals surface area contributed by atoms with Gasteiger partial charge in [0.05, 0.1) is 16.6 Å². The first-order chi connectivity index (χ1) is 16.9. The highest BCUT2D eigenvalue weighted by molar-refractivity contribution is 6.37. The summed E-state index contributed by atoms with van der Waals surface area (Å²) < 4.78 is 2.40. The number of nitrogens with zero attached hydrogens (tertiary/aromatic N) is 1. The Labute approximate surface area is 196 Å². The number of hydrogen-bond acceptors (Lipinski definition) is 0. The van der Waals surface area contributed by atoms with Crippen LogP contribution in [-0.4, -0.2) is 9.55 Å². The summed E-state index contributed by atoms with van der Waals surface area (Å²) >= 11 is 0. The Balaban J connectivity index is 1.58. The summed E-state index contributed by atoms with van der Waals surface area (Å²) in [6.07, 6.45) is 0. The average molecular weight is 433 g/mol. The van der Waals surface area contributed by atoms with Gasteiger partial charge in [0.15, 0.2) is 0 Å². The minimum absolute atomic E-state index is 1.18. The number of aromatic nitrogens is 2. The second kappa shape index (κ2) is 6.49. The van der Waals surface area contributed by atoms with E-state index in [4.69, 9.17) is 0 Å². The summed E-state index contributed by atoms with van der Waals surface area (Å²) in [5.74, 6) is 0. The maximum absolute atomic E-state index is 3.78. The standard InChI is InChI=1S/C32H20N2/c1-3-9-20(10-4-1)21-17-18-26-25(19-21)29-23-13-7-15-27-30(23)31-24(32(29)33-26)14-8-16-28(31)34(27)22-11-5-2-6-12-22/h1-19,33H. The quantitative estimate of drug-likeness (QED) is 0.264. The number of hydrogen-bond donors (Lipinski definition) is 1. The van der Waals surface area contributed by atoms with Gasteiger partial charge in [0.1, 0.15) is 0 Å². The summed E-state index contributed by atoms with van der Waals surface area (Å²) in [4.78, 5) is 3.78. The fourth-order valence-electron chi connectivity index (χ4n) is 5.86. The van der Waals surface area contributed by atoms with Crippen molar-refractivity contribution in [1.82, 2.24) is 9.55 Å². The second-order valence-corrected chi connectivity index (χ2v) is 9.07. The Bertz CT molecular complexity index is 1990. The molecule has 2 heterocycles. The topological polar surface area (TPSA) is 20.7 Å². The maximum atomic E-state index is 3.78. The molecule has 0 spiro atoms. The molecule has 0 aliphatic heterocycles. The van der Waals surface area contributed by atoms with Crippen molar-refractivity contribution in [3.05, 3.63) is 115 Å². The van der Waals surface area contributed by atoms with E-state index >= 15 is 0 Å². The van der Waals surface area contributed by atoms with E-state index in [9.17, 15) is 0 Å². The molecular formula is C32H20N2. The Hall–Kier alpha value is -4.56. The zero-order chi connectivity index (χ0) is 22.2. The number of H-pyrrole nitrogens is 1. The van der Waals surface area contributed by atoms with Crippen molar-refractivity contribution in [3.8, 4) is 16.8 Å². The highest BCUT2D eigenvalue weighted by atomic mass is 15.0. The lowest BCUT2D eigenvalue weighted by Crippen LogP contribution is -1.92. The molecule has 6 aromatic carbocycles. The number of nitrogens with one attached hydrogen (secondary N) is 1. The molecule has 34 heavy (non-hydrogen) atoms. The van der Waals surface area contributed by atoms with E-state index in [-0.39, 0.29) is 0 Å². The van der Waals surface area contributed by atoms with E-state index in [1.165, 1.54) is 71.2 Å². The third kappa shape index (κ3) is 2.24. The minimum Gasteiger partial charge on any atom is -0.354 e. The van der Waals surface area contributed by atoms with Crippen molar-refractivity contribution >= 4 is 54.4 Å². The van der Waals surface area contributed by atoms with Gasteiger partial charge in [-0.3, -0.25) is 0 Å². The van der Waals surface area contributed by atoms with Crippen molar-refractivity contribution < 1.29 is 0 Å². The zero-order valence-electron chi connectivity index (χ0n) is 18.4. The molecule has 0 atom stereocenters. The van der Waals surface area contributed by atoms with Crippen LogP contribution in [0.3, 0.4) is 0 Å². The predicted octanol–water partition coefficient (Wildman–Crippen LogP) is 8.68. The van der Waals surface area contributed by atoms with E-state index in [1.54, 1.807) is 0 Å². The van der Waals surface area contributed by atoms with Gasteiger partial charge in [-0.1, -0.05) is 78.9 Å². The molecule has 0 amide bonds. The van der Waals surface area contributed by atoms with Crippen LogP contribution in [-0.2, 0) is 0 Å². The number of para-hydroxylation sites is 1. The SMILES string of the molecule is c1ccc(-c2ccc3[nH]c4c5cccc6c5c5c(cccc5n6-c5ccccc5)c4c3c2)cc1. The Morgan fingerprint density at radius 2 is 1.15 bits per heavy atom. The first-order valence-corrected chi connectivity index (χ1v) is 11.7. The summed E-state index contributed by atoms with van der Waals surface area (Å²) in [5.41, 5.74) is 8.58. The molecule has 1 N–H and O–H groups in total. The summed E-state index contributed by atoms with van der Waals surface area (Å²) in [7, 11) is 0. The Morgan fingerprint density at radius 3 is 1.91 bits per heavy atom. The van der Waals surface area contributed by atoms with Gasteiger partial charge in [0.25, 0.3) is 0 Å². The minimum atomic E-state index is 1.18. The highest BCUT2D eigenvalue weighted by Gasteiger charge is 2.21. The number of fused-ring (bicyclic) bond motifs is 5. The van der Waals surface area contributed by atoms with Gasteiger partial charge in [-0.25, -0.2) is 0 Å². The Kier molecular flexibility index (Phi) is 3.42. The van der Waals surface area contributed by atoms with Crippen molar-refractivity contribution in [2.45, 2.75) is 0 Å². The number of aromatic amines is 1. The van der Waals surface area contributed by atoms with Gasteiger partial charge in [-0.2, -0.15) is 0 Å². The van der Waals surface area contributed by atoms with Gasteiger partial charge in [-0.15, -0.1) is 0 Å². The fourth-order valence-corrected chi connectivity index (χ4v) is 5.86. The molecule has 2 nitrogen and oxygen atoms in total. The van der Waals surface area contributed by atoms with E-state index in [0.717, 1.165) is 0 Å². The van der Waals surface area contributed by atoms with Crippen molar-refractivity contribution in [3.63, 3.8) is 0 Å². The average Bonchev–Trinajstić information content (AvgIpc) is 3.46. The van der Waals surface area contributed by atoms with Gasteiger partial charge in [0.2, 0.25) is 0 Å². The third-order valence-electron chi connectivity index (χ3n) is 7.28. The maximum Gasteiger partial charge on any atom is 0.0551 e. The highest BCUT2D eigenvalue weighted by Crippen LogP contribution is 2.45. The monoisotopic (exact) mass is 432 g/mol. The normalized spacial score (nSPS) is 12.1. The summed E-state index contributed by atoms with van der Waals surface area (Å²) in [6, 6.07) is 41.6. The van der Waals surface area contributed by atoms with Crippen molar-refractivity contribution in [1.29, 1.82) is 0 Å². The third-order valence-corrected chi connectivity index (χ3v) is 7.28. The van der Waals surface area contributed by atoms with E-state index in [0.29, 0.717) is 0 Å². The van der Waals surface area contributed by atoms with E-state index in [2.05, 4.69) is 125 Å². The smallest absolute Gasteiger partial charge is 0.0551 e. The second-order valence-electron chi connectivity index (χ2n) is 9.07. The molecule has 0 saturated carbocycles. The van der Waals surface area contributed by atoms with Gasteiger partial charge >= 0.3 is 0 Å². The van der Waals surface area contributed by atoms with Gasteiger partial charge in [-0.05, 0) is 52.9 Å². The van der Waals surface area contributed by atoms with Gasteiger partial charge in [0, 0.05) is 38.1 Å². The molecule has 0 aliphatic carbocycles. The van der Waals surface area contributed by atoms with Crippen LogP contribution in [0.5, 0.6) is 0 Å². The molecule has 8 aromatic rings. The molecule has 8 rings (SSSR count). The lowest BCUT2D eigenvalue weighted by molar-refractivity contribution is 1.18. The van der Waals surface area contributed by atoms with Gasteiger partial charge < -0.3 is 9.55 Å². The van der Waals surface area contributed by atoms with Crippen molar-refractivity contribution in [2.24, 2.45) is 0 Å². The van der Waals surface area contributed by atoms with Crippen LogP contribution in [0.1, 0.15) is 0 Å². The fraction of sp³-hybridized carbons (Fsp3) is 0. The van der Waals surface area contributed by atoms with Crippen molar-refractivity contribution in [2.75, 3.05) is 0 Å². The first kappa shape index (κ1) is 17.9. The molecule has 0 fully saturated rings. The lowest BCUT2D eigenvalue weighted by Gasteiger charge is -2.07. The van der Waals surface area contributed by atoms with E-state index < -0.39 is 0 Å². The van der Waals surface area contributed by atoms with Crippen LogP contribution in [0.4, 0.5) is 0 Å². The molecule has 158 valence electrons. The molecule has 0 radical (unpaired) electrons. The number of benzene rings is 6. The molecule has 2 aromatic heterocycles. The molecule has 0 bridgehead atoms. The first-order valence-electron chi connectivity index (χ1n) is 11.7. The van der Waals surface area contributed by atoms with Crippen LogP contribution >= 0.6 is 0 Å². The van der Waals surface area contributed by atoms with Crippen LogP contribution < -0.4 is 0 Å². The van der Waals surface area contributed by atoms with E-state index in [1.807, 2.05) is 0 Å². The molecular weight excluding hydrogens is 412 g/mol. The molecule has 2 heteroatoms. The van der Waals surface area contributed by atoms with Crippen LogP contribution in [0, 0.1) is 0 Å². The van der Waals surface area contributed by atoms with Crippen LogP contribution in [0.15, 0.2) is 115 Å². The number of rotatable bonds is 2. The largest absolute Gasteiger partial charge is 0.354 e. The zero-order valence-corrected chi connectivity index (χ0v) is 18.4. The molecule has 0 saturated heterocycles. The molecule has 0 unspecified atom stereocenters. The Morgan fingerprint density at radius 1 is 0.471 bits per heavy atom. The van der Waals surface area contributed by atoms with Crippen LogP contribution in [0.2, 0.25) is 0 Å². The van der Waals surface area contributed by atoms with Crippen LogP contribution in [0.25, 0.3) is 71.2 Å². The summed E-state index contributed by atoms with van der Waals surface area (Å²) in [6.45, 7) is 0. The predicted molar refractivity (Wildman–Crippen MR) is 144 cm³/mol. The molecule has 0 aliphatic rings. The summed E-state index contributed by atoms with van der Waals surface area (Å²) in [5, 5.41) is 7.85. The lowest BCUT2D eigenvalue weighted by atomic mass is 9.96.